The fraction of sp³-hybridized carbons (Fsp3) is 0.188. The molecule has 0 fully saturated rings. The molecular weight excluding hydrogens is 254 g/mol. The zero-order valence-corrected chi connectivity index (χ0v) is 11.3. The summed E-state index contributed by atoms with van der Waals surface area (Å²) in [6.45, 7) is 1.09. The number of hydrogen-bond donors (Lipinski definition) is 1. The molecule has 0 aliphatic heterocycles. The van der Waals surface area contributed by atoms with E-state index in [1.165, 1.54) is 7.11 Å². The molecule has 0 bridgehead atoms. The van der Waals surface area contributed by atoms with Crippen LogP contribution >= 0.6 is 0 Å². The highest BCUT2D eigenvalue weighted by Gasteiger charge is 2.03. The normalized spacial score (nSPS) is 10.2. The summed E-state index contributed by atoms with van der Waals surface area (Å²) >= 11 is 0. The van der Waals surface area contributed by atoms with Crippen molar-refractivity contribution in [1.82, 2.24) is 5.48 Å². The van der Waals surface area contributed by atoms with Crippen LogP contribution in [0.4, 0.5) is 0 Å². The van der Waals surface area contributed by atoms with Crippen LogP contribution in [-0.4, -0.2) is 13.1 Å². The van der Waals surface area contributed by atoms with Crippen LogP contribution in [0.2, 0.25) is 0 Å². The first-order valence-electron chi connectivity index (χ1n) is 6.35. The number of hydroxylamine groups is 1. The van der Waals surface area contributed by atoms with E-state index in [1.54, 1.807) is 12.1 Å². The lowest BCUT2D eigenvalue weighted by atomic mass is 10.1. The van der Waals surface area contributed by atoms with Crippen molar-refractivity contribution in [1.29, 1.82) is 0 Å². The Kier molecular flexibility index (Phi) is 5.29. The van der Waals surface area contributed by atoms with Crippen molar-refractivity contribution in [2.45, 2.75) is 13.2 Å². The summed E-state index contributed by atoms with van der Waals surface area (Å²) in [4.78, 5) is 16.7. The van der Waals surface area contributed by atoms with Gasteiger partial charge in [0.25, 0.3) is 0 Å². The van der Waals surface area contributed by atoms with Gasteiger partial charge in [-0.2, -0.15) is 5.48 Å². The summed E-state index contributed by atoms with van der Waals surface area (Å²) in [6.07, 6.45) is 0. The molecule has 104 valence electrons. The number of carbonyl (C=O) groups is 1. The minimum atomic E-state index is -0.329. The van der Waals surface area contributed by atoms with Crippen LogP contribution in [0.15, 0.2) is 54.6 Å². The van der Waals surface area contributed by atoms with E-state index < -0.39 is 0 Å². The largest absolute Gasteiger partial charge is 0.465 e. The van der Waals surface area contributed by atoms with E-state index in [-0.39, 0.29) is 5.97 Å². The number of benzene rings is 2. The minimum absolute atomic E-state index is 0.329. The molecule has 0 radical (unpaired) electrons. The van der Waals surface area contributed by atoms with Gasteiger partial charge in [0.2, 0.25) is 0 Å². The third kappa shape index (κ3) is 4.19. The number of esters is 1. The second-order valence-corrected chi connectivity index (χ2v) is 4.28. The summed E-state index contributed by atoms with van der Waals surface area (Å²) in [5, 5.41) is 0. The topological polar surface area (TPSA) is 47.6 Å². The Bertz CT molecular complexity index is 537. The molecule has 0 saturated carbocycles. The van der Waals surface area contributed by atoms with Crippen LogP contribution in [0.5, 0.6) is 0 Å². The van der Waals surface area contributed by atoms with Crippen molar-refractivity contribution in [2.75, 3.05) is 7.11 Å². The fourth-order valence-corrected chi connectivity index (χ4v) is 1.72. The molecule has 0 saturated heterocycles. The van der Waals surface area contributed by atoms with Gasteiger partial charge in [-0.05, 0) is 23.3 Å². The zero-order valence-electron chi connectivity index (χ0n) is 11.3. The lowest BCUT2D eigenvalue weighted by Crippen LogP contribution is -2.14. The van der Waals surface area contributed by atoms with Crippen LogP contribution in [0.25, 0.3) is 0 Å². The Labute approximate surface area is 118 Å². The first-order chi connectivity index (χ1) is 9.79. The van der Waals surface area contributed by atoms with Gasteiger partial charge in [0.15, 0.2) is 0 Å². The monoisotopic (exact) mass is 271 g/mol. The molecule has 2 aromatic rings. The van der Waals surface area contributed by atoms with E-state index in [0.717, 1.165) is 11.1 Å². The van der Waals surface area contributed by atoms with Gasteiger partial charge >= 0.3 is 5.97 Å². The Morgan fingerprint density at radius 3 is 2.35 bits per heavy atom. The molecule has 4 nitrogen and oxygen atoms in total. The lowest BCUT2D eigenvalue weighted by Gasteiger charge is -2.06. The molecule has 0 unspecified atom stereocenters. The van der Waals surface area contributed by atoms with E-state index in [4.69, 9.17) is 4.84 Å². The van der Waals surface area contributed by atoms with Crippen LogP contribution in [0, 0.1) is 0 Å². The van der Waals surface area contributed by atoms with Crippen molar-refractivity contribution in [3.63, 3.8) is 0 Å². The van der Waals surface area contributed by atoms with Gasteiger partial charge < -0.3 is 4.74 Å². The highest BCUT2D eigenvalue weighted by atomic mass is 16.6. The van der Waals surface area contributed by atoms with Gasteiger partial charge in [0, 0.05) is 6.54 Å². The summed E-state index contributed by atoms with van der Waals surface area (Å²) in [6, 6.07) is 17.1. The van der Waals surface area contributed by atoms with E-state index >= 15 is 0 Å². The number of nitrogens with one attached hydrogen (secondary N) is 1. The molecule has 20 heavy (non-hydrogen) atoms. The molecule has 0 spiro atoms. The van der Waals surface area contributed by atoms with E-state index in [0.29, 0.717) is 18.7 Å². The van der Waals surface area contributed by atoms with Crippen LogP contribution in [0.1, 0.15) is 21.5 Å². The predicted molar refractivity (Wildman–Crippen MR) is 75.9 cm³/mol. The van der Waals surface area contributed by atoms with Crippen LogP contribution in [0.3, 0.4) is 0 Å². The van der Waals surface area contributed by atoms with E-state index in [1.807, 2.05) is 42.5 Å². The molecule has 0 amide bonds. The quantitative estimate of drug-likeness (QED) is 0.498. The Morgan fingerprint density at radius 1 is 1.00 bits per heavy atom. The average molecular weight is 271 g/mol. The summed E-state index contributed by atoms with van der Waals surface area (Å²) in [5.74, 6) is -0.329. The second kappa shape index (κ2) is 7.43. The molecule has 2 rings (SSSR count). The third-order valence-corrected chi connectivity index (χ3v) is 2.84. The van der Waals surface area contributed by atoms with Gasteiger partial charge in [-0.3, -0.25) is 4.84 Å². The van der Waals surface area contributed by atoms with Crippen molar-refractivity contribution in [2.24, 2.45) is 0 Å². The van der Waals surface area contributed by atoms with Crippen LogP contribution in [-0.2, 0) is 22.7 Å². The first-order valence-corrected chi connectivity index (χ1v) is 6.35. The first kappa shape index (κ1) is 14.2. The van der Waals surface area contributed by atoms with E-state index in [2.05, 4.69) is 10.2 Å². The summed E-state index contributed by atoms with van der Waals surface area (Å²) in [7, 11) is 1.37. The van der Waals surface area contributed by atoms with Gasteiger partial charge in [-0.15, -0.1) is 0 Å². The smallest absolute Gasteiger partial charge is 0.337 e. The van der Waals surface area contributed by atoms with Gasteiger partial charge in [0.05, 0.1) is 19.3 Å². The Morgan fingerprint density at radius 2 is 1.70 bits per heavy atom. The number of hydrogen-bond acceptors (Lipinski definition) is 4. The summed E-state index contributed by atoms with van der Waals surface area (Å²) < 4.78 is 4.64. The molecule has 1 N–H and O–H groups in total. The zero-order chi connectivity index (χ0) is 14.2. The standard InChI is InChI=1S/C16H17NO3/c1-19-16(18)15-9-7-13(8-10-15)11-17-20-12-14-5-3-2-4-6-14/h2-10,17H,11-12H2,1H3. The molecule has 0 aromatic heterocycles. The molecule has 0 aliphatic carbocycles. The fourth-order valence-electron chi connectivity index (χ4n) is 1.72. The van der Waals surface area contributed by atoms with Crippen LogP contribution < -0.4 is 5.48 Å². The third-order valence-electron chi connectivity index (χ3n) is 2.84. The molecule has 4 heteroatoms. The highest BCUT2D eigenvalue weighted by molar-refractivity contribution is 5.89. The minimum Gasteiger partial charge on any atom is -0.465 e. The number of rotatable bonds is 6. The molecule has 2 aromatic carbocycles. The Hall–Kier alpha value is -2.17. The highest BCUT2D eigenvalue weighted by Crippen LogP contribution is 2.06. The lowest BCUT2D eigenvalue weighted by molar-refractivity contribution is 0.0235. The SMILES string of the molecule is COC(=O)c1ccc(CNOCc2ccccc2)cc1. The van der Waals surface area contributed by atoms with Crippen molar-refractivity contribution in [3.05, 3.63) is 71.3 Å². The predicted octanol–water partition coefficient (Wildman–Crippen LogP) is 2.69. The molecular formula is C16H17NO3. The molecule has 0 aliphatic rings. The van der Waals surface area contributed by atoms with E-state index in [9.17, 15) is 4.79 Å². The number of ether oxygens (including phenoxy) is 1. The summed E-state index contributed by atoms with van der Waals surface area (Å²) in [5.41, 5.74) is 5.58. The second-order valence-electron chi connectivity index (χ2n) is 4.28. The van der Waals surface area contributed by atoms with Crippen molar-refractivity contribution >= 4 is 5.97 Å². The maximum atomic E-state index is 11.3. The maximum absolute atomic E-state index is 11.3. The molecule has 0 heterocycles. The molecule has 0 atom stereocenters. The van der Waals surface area contributed by atoms with Crippen molar-refractivity contribution in [3.8, 4) is 0 Å². The Balaban J connectivity index is 1.75. The number of methoxy groups -OCH3 is 1. The average Bonchev–Trinajstić information content (AvgIpc) is 2.52. The van der Waals surface area contributed by atoms with Gasteiger partial charge in [0.1, 0.15) is 0 Å². The van der Waals surface area contributed by atoms with Crippen molar-refractivity contribution < 1.29 is 14.4 Å². The van der Waals surface area contributed by atoms with Gasteiger partial charge in [-0.25, -0.2) is 4.79 Å². The maximum Gasteiger partial charge on any atom is 0.337 e. The van der Waals surface area contributed by atoms with Gasteiger partial charge in [-0.1, -0.05) is 42.5 Å². The number of carbonyl (C=O) groups excluding carboxylic acids is 1.